The van der Waals surface area contributed by atoms with E-state index in [1.54, 1.807) is 0 Å². The molecule has 0 fully saturated rings. The number of ether oxygens (including phenoxy) is 1. The van der Waals surface area contributed by atoms with Gasteiger partial charge in [0.05, 0.1) is 0 Å². The van der Waals surface area contributed by atoms with E-state index < -0.39 is 51.0 Å². The van der Waals surface area contributed by atoms with Gasteiger partial charge in [-0.25, -0.2) is 0 Å². The van der Waals surface area contributed by atoms with E-state index in [9.17, 15) is 43.7 Å². The molecule has 11 nitrogen and oxygen atoms in total. The molecule has 0 saturated carbocycles. The SMILES string of the molecule is CCCCCCCCCCC(=O)Oc1cc(S(=O)(=O)O)c2ccc3c(S(=O)(=O)O)cc(S(=O)(=O)O)c4ccc1c2c43.[NaH].[NaH].[NaH]. The molecule has 3 N–H and O–H groups in total. The van der Waals surface area contributed by atoms with Crippen LogP contribution in [0.3, 0.4) is 0 Å². The van der Waals surface area contributed by atoms with Gasteiger partial charge in [0, 0.05) is 44.8 Å². The van der Waals surface area contributed by atoms with Crippen LogP contribution in [0.5, 0.6) is 5.75 Å². The molecule has 0 aliphatic rings. The number of carbonyl (C=O) groups excluding carboxylic acids is 1. The number of esters is 1. The number of hydrogen-bond donors (Lipinski definition) is 3. The van der Waals surface area contributed by atoms with E-state index in [1.165, 1.54) is 31.0 Å². The molecule has 0 unspecified atom stereocenters. The van der Waals surface area contributed by atoms with E-state index in [1.807, 2.05) is 0 Å². The Hall–Kier alpha value is 0.120. The Bertz CT molecular complexity index is 1910. The molecule has 17 heteroatoms. The zero-order valence-electron chi connectivity index (χ0n) is 22.2. The fourth-order valence-corrected chi connectivity index (χ4v) is 7.38. The zero-order valence-corrected chi connectivity index (χ0v) is 24.6. The maximum atomic E-state index is 12.7. The first-order chi connectivity index (χ1) is 19.1. The molecule has 0 aliphatic heterocycles. The summed E-state index contributed by atoms with van der Waals surface area (Å²) in [6.07, 6.45) is 8.01. The first-order valence-electron chi connectivity index (χ1n) is 13.1. The first-order valence-corrected chi connectivity index (χ1v) is 17.4. The van der Waals surface area contributed by atoms with Crippen molar-refractivity contribution in [2.24, 2.45) is 0 Å². The van der Waals surface area contributed by atoms with E-state index in [2.05, 4.69) is 6.92 Å². The van der Waals surface area contributed by atoms with Gasteiger partial charge in [-0.05, 0) is 18.6 Å². The van der Waals surface area contributed by atoms with Gasteiger partial charge in [0.15, 0.2) is 0 Å². The first kappa shape index (κ1) is 42.1. The minimum atomic E-state index is -5.03. The van der Waals surface area contributed by atoms with Gasteiger partial charge in [-0.2, -0.15) is 25.3 Å². The number of carbonyl (C=O) groups is 1. The van der Waals surface area contributed by atoms with Crippen molar-refractivity contribution in [3.8, 4) is 5.75 Å². The van der Waals surface area contributed by atoms with Gasteiger partial charge >= 0.3 is 94.6 Å². The summed E-state index contributed by atoms with van der Waals surface area (Å²) in [6.45, 7) is 2.14. The van der Waals surface area contributed by atoms with Crippen LogP contribution in [0.2, 0.25) is 0 Å². The summed E-state index contributed by atoms with van der Waals surface area (Å²) in [6, 6.07) is 6.46. The summed E-state index contributed by atoms with van der Waals surface area (Å²) in [5.41, 5.74) is 0. The fraction of sp³-hybridized carbons (Fsp3) is 0.370. The second kappa shape index (κ2) is 17.0. The Morgan fingerprint density at radius 3 is 1.39 bits per heavy atom. The van der Waals surface area contributed by atoms with Crippen LogP contribution < -0.4 is 4.74 Å². The van der Waals surface area contributed by atoms with E-state index in [0.29, 0.717) is 12.5 Å². The number of unbranched alkanes of at least 4 members (excludes halogenated alkanes) is 7. The molecule has 0 aliphatic carbocycles. The Morgan fingerprint density at radius 1 is 0.591 bits per heavy atom. The topological polar surface area (TPSA) is 189 Å². The van der Waals surface area contributed by atoms with Crippen LogP contribution in [-0.4, -0.2) is 134 Å². The van der Waals surface area contributed by atoms with Gasteiger partial charge in [-0.1, -0.05) is 70.1 Å². The van der Waals surface area contributed by atoms with Crippen molar-refractivity contribution in [2.75, 3.05) is 0 Å². The molecule has 0 radical (unpaired) electrons. The molecular formula is C27H33Na3O11S3. The van der Waals surface area contributed by atoms with E-state index in [0.717, 1.165) is 44.2 Å². The van der Waals surface area contributed by atoms with Gasteiger partial charge in [-0.15, -0.1) is 0 Å². The van der Waals surface area contributed by atoms with Crippen molar-refractivity contribution in [3.05, 3.63) is 36.4 Å². The summed E-state index contributed by atoms with van der Waals surface area (Å²) in [5, 5.41) is -0.580. The Balaban J connectivity index is 0.00000323. The summed E-state index contributed by atoms with van der Waals surface area (Å²) in [4.78, 5) is 10.4. The zero-order chi connectivity index (χ0) is 30.2. The summed E-state index contributed by atoms with van der Waals surface area (Å²) >= 11 is 0. The monoisotopic (exact) mass is 698 g/mol. The molecular weight excluding hydrogens is 665 g/mol. The molecule has 0 spiro atoms. The predicted octanol–water partition coefficient (Wildman–Crippen LogP) is 3.81. The van der Waals surface area contributed by atoms with E-state index in [-0.39, 0.29) is 133 Å². The van der Waals surface area contributed by atoms with Crippen LogP contribution in [0.15, 0.2) is 51.1 Å². The van der Waals surface area contributed by atoms with Crippen LogP contribution in [0.1, 0.15) is 64.7 Å². The quantitative estimate of drug-likeness (QED) is 0.0460. The van der Waals surface area contributed by atoms with Crippen LogP contribution in [0.4, 0.5) is 0 Å². The molecule has 228 valence electrons. The third kappa shape index (κ3) is 9.60. The second-order valence-electron chi connectivity index (χ2n) is 9.94. The summed E-state index contributed by atoms with van der Waals surface area (Å²) in [7, 11) is -15.0. The van der Waals surface area contributed by atoms with Gasteiger partial charge < -0.3 is 4.74 Å². The molecule has 0 bridgehead atoms. The third-order valence-electron chi connectivity index (χ3n) is 7.04. The van der Waals surface area contributed by atoms with Crippen molar-refractivity contribution >= 4 is 157 Å². The molecule has 0 amide bonds. The Morgan fingerprint density at radius 2 is 0.955 bits per heavy atom. The van der Waals surface area contributed by atoms with Crippen molar-refractivity contribution in [2.45, 2.75) is 79.4 Å². The summed E-state index contributed by atoms with van der Waals surface area (Å²) in [5.74, 6) is -0.917. The average molecular weight is 699 g/mol. The molecule has 4 rings (SSSR count). The Kier molecular flexibility index (Phi) is 16.3. The molecule has 44 heavy (non-hydrogen) atoms. The van der Waals surface area contributed by atoms with Gasteiger partial charge in [0.1, 0.15) is 20.4 Å². The van der Waals surface area contributed by atoms with Crippen molar-refractivity contribution in [1.29, 1.82) is 0 Å². The van der Waals surface area contributed by atoms with Crippen LogP contribution in [0.25, 0.3) is 32.3 Å². The van der Waals surface area contributed by atoms with E-state index in [4.69, 9.17) is 4.74 Å². The van der Waals surface area contributed by atoms with E-state index >= 15 is 0 Å². The Labute approximate surface area is 323 Å². The molecule has 0 saturated heterocycles. The fourth-order valence-electron chi connectivity index (χ4n) is 5.17. The minimum absolute atomic E-state index is 0. The second-order valence-corrected chi connectivity index (χ2v) is 14.1. The van der Waals surface area contributed by atoms with Crippen LogP contribution in [0, 0.1) is 0 Å². The number of rotatable bonds is 13. The molecule has 4 aromatic rings. The van der Waals surface area contributed by atoms with Crippen molar-refractivity contribution in [3.63, 3.8) is 0 Å². The normalized spacial score (nSPS) is 12.1. The molecule has 0 aromatic heterocycles. The van der Waals surface area contributed by atoms with Gasteiger partial charge in [-0.3, -0.25) is 18.5 Å². The van der Waals surface area contributed by atoms with Crippen LogP contribution in [-0.2, 0) is 35.1 Å². The molecule has 4 aromatic carbocycles. The third-order valence-corrected chi connectivity index (χ3v) is 9.72. The van der Waals surface area contributed by atoms with Gasteiger partial charge in [0.2, 0.25) is 0 Å². The molecule has 0 atom stereocenters. The maximum absolute atomic E-state index is 12.7. The average Bonchev–Trinajstić information content (AvgIpc) is 2.87. The van der Waals surface area contributed by atoms with Crippen LogP contribution >= 0.6 is 0 Å². The van der Waals surface area contributed by atoms with Gasteiger partial charge in [0.25, 0.3) is 30.4 Å². The van der Waals surface area contributed by atoms with Crippen molar-refractivity contribution < 1.29 is 48.4 Å². The summed E-state index contributed by atoms with van der Waals surface area (Å²) < 4.78 is 109. The predicted molar refractivity (Wildman–Crippen MR) is 174 cm³/mol. The number of hydrogen-bond acceptors (Lipinski definition) is 8. The standard InChI is InChI=1S/C27H30O11S3.3Na.3H/c1-2-3-4-5-6-7-8-9-10-25(28)38-21-15-22(39(29,30)31)18-13-14-20-24(41(35,36)37)16-23(40(32,33)34)19-12-11-17(21)26(18)27(19)20;;;;;;/h11-16H,2-10H2,1H3,(H,29,30,31)(H,32,33,34)(H,35,36,37);;;;;;. The molecule has 0 heterocycles. The number of benzene rings is 4. The van der Waals surface area contributed by atoms with Crippen molar-refractivity contribution in [1.82, 2.24) is 0 Å².